The summed E-state index contributed by atoms with van der Waals surface area (Å²) in [5, 5.41) is 9.14. The van der Waals surface area contributed by atoms with Gasteiger partial charge in [0, 0.05) is 20.1 Å². The van der Waals surface area contributed by atoms with Crippen LogP contribution in [-0.2, 0) is 14.8 Å². The van der Waals surface area contributed by atoms with E-state index in [4.69, 9.17) is 5.11 Å². The third-order valence-electron chi connectivity index (χ3n) is 2.90. The van der Waals surface area contributed by atoms with Gasteiger partial charge in [0.2, 0.25) is 15.9 Å². The van der Waals surface area contributed by atoms with Gasteiger partial charge >= 0.3 is 0 Å². The van der Waals surface area contributed by atoms with Gasteiger partial charge in [-0.05, 0) is 24.3 Å². The van der Waals surface area contributed by atoms with E-state index in [-0.39, 0.29) is 29.6 Å². The molecule has 1 N–H and O–H groups in total. The first kappa shape index (κ1) is 12.8. The molecule has 0 aromatic heterocycles. The lowest BCUT2D eigenvalue weighted by Crippen LogP contribution is -2.50. The number of nitrogens with zero attached hydrogens (tertiary/aromatic N) is 2. The van der Waals surface area contributed by atoms with Crippen LogP contribution >= 0.6 is 0 Å². The standard InChI is InChI=1S/C11H14N2O4S/c1-12-6-7-13(8-11(12)15)18(16,17)10-4-2-9(14)3-5-10/h2-5,14H,6-8H2,1H3. The fourth-order valence-electron chi connectivity index (χ4n) is 1.71. The number of amides is 1. The molecule has 6 nitrogen and oxygen atoms in total. The van der Waals surface area contributed by atoms with Gasteiger partial charge in [-0.3, -0.25) is 4.79 Å². The van der Waals surface area contributed by atoms with Gasteiger partial charge in [0.05, 0.1) is 11.4 Å². The second-order valence-electron chi connectivity index (χ2n) is 4.15. The van der Waals surface area contributed by atoms with E-state index >= 15 is 0 Å². The Morgan fingerprint density at radius 2 is 1.78 bits per heavy atom. The number of piperazine rings is 1. The van der Waals surface area contributed by atoms with E-state index in [0.29, 0.717) is 6.54 Å². The van der Waals surface area contributed by atoms with Crippen molar-refractivity contribution in [3.8, 4) is 5.75 Å². The van der Waals surface area contributed by atoms with Crippen molar-refractivity contribution >= 4 is 15.9 Å². The Morgan fingerprint density at radius 1 is 1.17 bits per heavy atom. The first-order chi connectivity index (χ1) is 8.41. The van der Waals surface area contributed by atoms with E-state index in [0.717, 1.165) is 4.31 Å². The van der Waals surface area contributed by atoms with E-state index in [1.165, 1.54) is 29.2 Å². The Bertz CT molecular complexity index is 553. The molecule has 7 heteroatoms. The third kappa shape index (κ3) is 2.32. The summed E-state index contributed by atoms with van der Waals surface area (Å²) < 4.78 is 25.6. The van der Waals surface area contributed by atoms with Gasteiger partial charge in [-0.25, -0.2) is 8.42 Å². The van der Waals surface area contributed by atoms with Crippen molar-refractivity contribution in [2.75, 3.05) is 26.7 Å². The second-order valence-corrected chi connectivity index (χ2v) is 6.09. The molecule has 1 aromatic carbocycles. The fourth-order valence-corrected chi connectivity index (χ4v) is 3.09. The number of carbonyl (C=O) groups is 1. The van der Waals surface area contributed by atoms with Gasteiger partial charge < -0.3 is 10.0 Å². The van der Waals surface area contributed by atoms with Crippen LogP contribution in [0.5, 0.6) is 5.75 Å². The van der Waals surface area contributed by atoms with Gasteiger partial charge in [-0.15, -0.1) is 0 Å². The predicted molar refractivity (Wildman–Crippen MR) is 64.5 cm³/mol. The highest BCUT2D eigenvalue weighted by Gasteiger charge is 2.31. The maximum Gasteiger partial charge on any atom is 0.243 e. The molecule has 0 atom stereocenters. The highest BCUT2D eigenvalue weighted by molar-refractivity contribution is 7.89. The minimum atomic E-state index is -3.66. The van der Waals surface area contributed by atoms with Crippen LogP contribution in [-0.4, -0.2) is 55.3 Å². The molecule has 1 aliphatic rings. The second kappa shape index (κ2) is 4.58. The smallest absolute Gasteiger partial charge is 0.243 e. The Hall–Kier alpha value is -1.60. The molecule has 1 aromatic rings. The summed E-state index contributed by atoms with van der Waals surface area (Å²) in [5.41, 5.74) is 0. The monoisotopic (exact) mass is 270 g/mol. The van der Waals surface area contributed by atoms with E-state index in [9.17, 15) is 13.2 Å². The van der Waals surface area contributed by atoms with Gasteiger partial charge in [0.25, 0.3) is 0 Å². The number of benzene rings is 1. The summed E-state index contributed by atoms with van der Waals surface area (Å²) in [5.74, 6) is -0.216. The maximum atomic E-state index is 12.2. The quantitative estimate of drug-likeness (QED) is 0.811. The number of likely N-dealkylation sites (N-methyl/N-ethyl adjacent to an activating group) is 1. The van der Waals surface area contributed by atoms with Crippen molar-refractivity contribution in [1.29, 1.82) is 0 Å². The molecular weight excluding hydrogens is 256 g/mol. The van der Waals surface area contributed by atoms with Gasteiger partial charge in [-0.1, -0.05) is 0 Å². The first-order valence-corrected chi connectivity index (χ1v) is 6.88. The van der Waals surface area contributed by atoms with Crippen molar-refractivity contribution in [1.82, 2.24) is 9.21 Å². The molecule has 0 unspecified atom stereocenters. The first-order valence-electron chi connectivity index (χ1n) is 5.44. The van der Waals surface area contributed by atoms with Crippen LogP contribution in [0.1, 0.15) is 0 Å². The van der Waals surface area contributed by atoms with Gasteiger partial charge in [0.15, 0.2) is 0 Å². The summed E-state index contributed by atoms with van der Waals surface area (Å²) in [6.07, 6.45) is 0. The molecule has 0 aliphatic carbocycles. The number of sulfonamides is 1. The number of hydrogen-bond donors (Lipinski definition) is 1. The van der Waals surface area contributed by atoms with Crippen LogP contribution < -0.4 is 0 Å². The highest BCUT2D eigenvalue weighted by Crippen LogP contribution is 2.19. The highest BCUT2D eigenvalue weighted by atomic mass is 32.2. The predicted octanol–water partition coefficient (Wildman–Crippen LogP) is -0.145. The molecular formula is C11H14N2O4S. The van der Waals surface area contributed by atoms with Gasteiger partial charge in [0.1, 0.15) is 5.75 Å². The van der Waals surface area contributed by atoms with Crippen LogP contribution in [0.25, 0.3) is 0 Å². The average Bonchev–Trinajstić information content (AvgIpc) is 2.33. The normalized spacial score (nSPS) is 18.1. The molecule has 18 heavy (non-hydrogen) atoms. The molecule has 1 amide bonds. The largest absolute Gasteiger partial charge is 0.508 e. The van der Waals surface area contributed by atoms with E-state index in [2.05, 4.69) is 0 Å². The number of hydrogen-bond acceptors (Lipinski definition) is 4. The number of aromatic hydroxyl groups is 1. The molecule has 2 rings (SSSR count). The van der Waals surface area contributed by atoms with Crippen molar-refractivity contribution in [2.24, 2.45) is 0 Å². The number of carbonyl (C=O) groups excluding carboxylic acids is 1. The van der Waals surface area contributed by atoms with Gasteiger partial charge in [-0.2, -0.15) is 4.31 Å². The topological polar surface area (TPSA) is 77.9 Å². The van der Waals surface area contributed by atoms with Crippen molar-refractivity contribution < 1.29 is 18.3 Å². The Kier molecular flexibility index (Phi) is 3.27. The van der Waals surface area contributed by atoms with Crippen molar-refractivity contribution in [3.63, 3.8) is 0 Å². The summed E-state index contributed by atoms with van der Waals surface area (Å²) in [6.45, 7) is 0.529. The maximum absolute atomic E-state index is 12.2. The zero-order valence-corrected chi connectivity index (χ0v) is 10.7. The summed E-state index contributed by atoms with van der Waals surface area (Å²) in [7, 11) is -2.01. The van der Waals surface area contributed by atoms with Crippen molar-refractivity contribution in [3.05, 3.63) is 24.3 Å². The van der Waals surface area contributed by atoms with Crippen LogP contribution in [0.3, 0.4) is 0 Å². The molecule has 0 spiro atoms. The van der Waals surface area contributed by atoms with E-state index in [1.807, 2.05) is 0 Å². The molecule has 1 saturated heterocycles. The molecule has 1 heterocycles. The molecule has 98 valence electrons. The van der Waals surface area contributed by atoms with Crippen LogP contribution in [0.2, 0.25) is 0 Å². The summed E-state index contributed by atoms with van der Waals surface area (Å²) in [4.78, 5) is 13.1. The number of rotatable bonds is 2. The lowest BCUT2D eigenvalue weighted by molar-refractivity contribution is -0.132. The van der Waals surface area contributed by atoms with Crippen LogP contribution in [0.15, 0.2) is 29.2 Å². The summed E-state index contributed by atoms with van der Waals surface area (Å²) >= 11 is 0. The minimum Gasteiger partial charge on any atom is -0.508 e. The zero-order chi connectivity index (χ0) is 13.3. The zero-order valence-electron chi connectivity index (χ0n) is 9.91. The SMILES string of the molecule is CN1CCN(S(=O)(=O)c2ccc(O)cc2)CC1=O. The van der Waals surface area contributed by atoms with E-state index < -0.39 is 10.0 Å². The Morgan fingerprint density at radius 3 is 2.33 bits per heavy atom. The van der Waals surface area contributed by atoms with Crippen LogP contribution in [0, 0.1) is 0 Å². The lowest BCUT2D eigenvalue weighted by atomic mass is 10.3. The van der Waals surface area contributed by atoms with E-state index in [1.54, 1.807) is 7.05 Å². The molecule has 0 radical (unpaired) electrons. The number of phenols is 1. The lowest BCUT2D eigenvalue weighted by Gasteiger charge is -2.31. The molecule has 1 aliphatic heterocycles. The number of phenolic OH excluding ortho intramolecular Hbond substituents is 1. The third-order valence-corrected chi connectivity index (χ3v) is 4.76. The van der Waals surface area contributed by atoms with Crippen LogP contribution in [0.4, 0.5) is 0 Å². The van der Waals surface area contributed by atoms with Crippen molar-refractivity contribution in [2.45, 2.75) is 4.90 Å². The molecule has 1 fully saturated rings. The summed E-state index contributed by atoms with van der Waals surface area (Å²) in [6, 6.07) is 5.27. The Balaban J connectivity index is 2.26. The average molecular weight is 270 g/mol. The molecule has 0 saturated carbocycles. The fraction of sp³-hybridized carbons (Fsp3) is 0.364. The Labute approximate surface area is 105 Å². The molecule has 0 bridgehead atoms. The minimum absolute atomic E-state index is 0.00315.